The van der Waals surface area contributed by atoms with E-state index >= 15 is 0 Å². The summed E-state index contributed by atoms with van der Waals surface area (Å²) >= 11 is 0. The molecule has 0 heterocycles. The summed E-state index contributed by atoms with van der Waals surface area (Å²) in [7, 11) is 1.55. The molecule has 1 aromatic rings. The van der Waals surface area contributed by atoms with Gasteiger partial charge in [-0.3, -0.25) is 0 Å². The molecule has 1 rings (SSSR count). The Morgan fingerprint density at radius 2 is 2.06 bits per heavy atom. The van der Waals surface area contributed by atoms with E-state index in [-0.39, 0.29) is 75.1 Å². The minimum Gasteiger partial charge on any atom is -0.870 e. The molecule has 0 aliphatic rings. The van der Waals surface area contributed by atoms with Crippen molar-refractivity contribution < 1.29 is 75.5 Å². The maximum Gasteiger partial charge on any atom is 1.00 e. The van der Waals surface area contributed by atoms with Gasteiger partial charge in [0.05, 0.1) is 18.8 Å². The molecule has 0 spiro atoms. The smallest absolute Gasteiger partial charge is 0.870 e. The molecule has 0 unspecified atom stereocenters. The number of methoxy groups -OCH3 is 1. The van der Waals surface area contributed by atoms with Crippen molar-refractivity contribution >= 4 is 5.97 Å². The molecule has 0 saturated heterocycles. The minimum atomic E-state index is -0.506. The number of benzene rings is 1. The number of rotatable bonds is 6. The number of carbonyl (C=O) groups is 1. The van der Waals surface area contributed by atoms with Crippen LogP contribution in [0.5, 0.6) is 11.5 Å². The van der Waals surface area contributed by atoms with Crippen LogP contribution in [-0.4, -0.2) is 32.9 Å². The second-order valence-corrected chi connectivity index (χ2v) is 3.22. The summed E-state index contributed by atoms with van der Waals surface area (Å²) in [6.07, 6.45) is 0. The number of ether oxygens (including phenoxy) is 3. The predicted octanol–water partition coefficient (Wildman–Crippen LogP) is -2.03. The van der Waals surface area contributed by atoms with E-state index in [0.717, 1.165) is 0 Å². The van der Waals surface area contributed by atoms with Gasteiger partial charge in [0.2, 0.25) is 0 Å². The summed E-state index contributed by atoms with van der Waals surface area (Å²) in [6, 6.07) is 4.17. The fraction of sp³-hybridized carbons (Fsp3) is 0.417. The summed E-state index contributed by atoms with van der Waals surface area (Å²) < 4.78 is 14.8. The Bertz CT molecular complexity index is 381. The average molecular weight is 278 g/mol. The maximum atomic E-state index is 11.6. The van der Waals surface area contributed by atoms with Crippen LogP contribution in [0.4, 0.5) is 0 Å². The third-order valence-corrected chi connectivity index (χ3v) is 2.00. The fourth-order valence-electron chi connectivity index (χ4n) is 1.20. The first-order valence-electron chi connectivity index (χ1n) is 5.29. The predicted molar refractivity (Wildman–Crippen MR) is 59.2 cm³/mol. The Hall–Kier alpha value is -0.114. The molecule has 0 radical (unpaired) electrons. The Kier molecular flexibility index (Phi) is 9.71. The summed E-state index contributed by atoms with van der Waals surface area (Å²) in [5.74, 6) is -0.644. The van der Waals surface area contributed by atoms with Gasteiger partial charge in [-0.25, -0.2) is 4.79 Å². The van der Waals surface area contributed by atoms with E-state index in [2.05, 4.69) is 0 Å². The number of carbonyl (C=O) groups excluding carboxylic acids is 1. The Morgan fingerprint density at radius 1 is 1.33 bits per heavy atom. The molecule has 0 N–H and O–H groups in total. The van der Waals surface area contributed by atoms with Gasteiger partial charge < -0.3 is 19.3 Å². The van der Waals surface area contributed by atoms with Crippen molar-refractivity contribution in [3.8, 4) is 11.5 Å². The van der Waals surface area contributed by atoms with Gasteiger partial charge in [0, 0.05) is 7.11 Å². The summed E-state index contributed by atoms with van der Waals surface area (Å²) in [5, 5.41) is 11.6. The van der Waals surface area contributed by atoms with E-state index in [1.807, 2.05) is 0 Å². The van der Waals surface area contributed by atoms with Crippen LogP contribution in [0.25, 0.3) is 0 Å². The molecule has 0 amide bonds. The molecule has 0 bridgehead atoms. The van der Waals surface area contributed by atoms with Crippen LogP contribution in [0.15, 0.2) is 18.2 Å². The van der Waals surface area contributed by atoms with Gasteiger partial charge in [0.1, 0.15) is 12.4 Å². The van der Waals surface area contributed by atoms with Crippen molar-refractivity contribution in [2.45, 2.75) is 6.92 Å². The molecule has 94 valence electrons. The topological polar surface area (TPSA) is 67.8 Å². The molecular weight excluding hydrogens is 263 g/mol. The molecule has 0 fully saturated rings. The third-order valence-electron chi connectivity index (χ3n) is 2.00. The molecule has 0 saturated carbocycles. The Morgan fingerprint density at radius 3 is 2.61 bits per heavy atom. The average Bonchev–Trinajstić information content (AvgIpc) is 2.31. The number of esters is 1. The molecule has 0 aromatic heterocycles. The van der Waals surface area contributed by atoms with Crippen molar-refractivity contribution in [1.82, 2.24) is 0 Å². The van der Waals surface area contributed by atoms with Gasteiger partial charge in [0.15, 0.2) is 0 Å². The fourth-order valence-corrected chi connectivity index (χ4v) is 1.20. The van der Waals surface area contributed by atoms with E-state index in [1.54, 1.807) is 14.0 Å². The van der Waals surface area contributed by atoms with Crippen molar-refractivity contribution in [2.75, 3.05) is 26.9 Å². The van der Waals surface area contributed by atoms with E-state index in [9.17, 15) is 9.90 Å². The van der Waals surface area contributed by atoms with E-state index < -0.39 is 5.97 Å². The standard InChI is InChI=1S/C12H16O5.K/c1-3-16-12(14)9-4-5-11(10(13)8-9)17-7-6-15-2;/h4-5,8,13H,3,6-7H2,1-2H3;/q;+1/p-1. The van der Waals surface area contributed by atoms with E-state index in [1.165, 1.54) is 18.2 Å². The normalized spacial score (nSPS) is 9.44. The van der Waals surface area contributed by atoms with Gasteiger partial charge in [0.25, 0.3) is 0 Å². The zero-order valence-electron chi connectivity index (χ0n) is 10.9. The van der Waals surface area contributed by atoms with Crippen molar-refractivity contribution in [2.24, 2.45) is 0 Å². The number of hydrogen-bond donors (Lipinski definition) is 0. The van der Waals surface area contributed by atoms with Gasteiger partial charge in [-0.15, -0.1) is 0 Å². The first kappa shape index (κ1) is 17.9. The van der Waals surface area contributed by atoms with Crippen LogP contribution in [0.1, 0.15) is 17.3 Å². The van der Waals surface area contributed by atoms with Crippen LogP contribution in [0.3, 0.4) is 0 Å². The van der Waals surface area contributed by atoms with Gasteiger partial charge >= 0.3 is 57.4 Å². The minimum absolute atomic E-state index is 0. The molecule has 0 atom stereocenters. The van der Waals surface area contributed by atoms with Crippen LogP contribution >= 0.6 is 0 Å². The van der Waals surface area contributed by atoms with Gasteiger partial charge in [-0.05, 0) is 19.1 Å². The van der Waals surface area contributed by atoms with Gasteiger partial charge in [-0.2, -0.15) is 0 Å². The van der Waals surface area contributed by atoms with Crippen LogP contribution in [0.2, 0.25) is 0 Å². The summed E-state index contributed by atoms with van der Waals surface area (Å²) in [6.45, 7) is 2.68. The molecule has 5 nitrogen and oxygen atoms in total. The Labute approximate surface area is 149 Å². The number of hydrogen-bond acceptors (Lipinski definition) is 5. The molecule has 18 heavy (non-hydrogen) atoms. The van der Waals surface area contributed by atoms with Crippen molar-refractivity contribution in [1.29, 1.82) is 0 Å². The Balaban J connectivity index is 0.00000289. The molecule has 6 heteroatoms. The monoisotopic (exact) mass is 278 g/mol. The van der Waals surface area contributed by atoms with E-state index in [0.29, 0.717) is 13.2 Å². The van der Waals surface area contributed by atoms with Crippen LogP contribution < -0.4 is 61.2 Å². The molecule has 0 aliphatic heterocycles. The van der Waals surface area contributed by atoms with Crippen LogP contribution in [0, 0.1) is 0 Å². The van der Waals surface area contributed by atoms with Crippen molar-refractivity contribution in [3.05, 3.63) is 23.8 Å². The van der Waals surface area contributed by atoms with E-state index in [4.69, 9.17) is 14.2 Å². The summed E-state index contributed by atoms with van der Waals surface area (Å²) in [4.78, 5) is 11.3. The molecule has 0 aliphatic carbocycles. The zero-order chi connectivity index (χ0) is 12.7. The summed E-state index contributed by atoms with van der Waals surface area (Å²) in [5.41, 5.74) is 0.232. The SMILES string of the molecule is CCOC(=O)c1ccc(OCCOC)c([O-])c1.[K+]. The molecular formula is C12H15KO5. The third kappa shape index (κ3) is 5.68. The first-order chi connectivity index (χ1) is 8.19. The maximum absolute atomic E-state index is 11.6. The van der Waals surface area contributed by atoms with Crippen molar-refractivity contribution in [3.63, 3.8) is 0 Å². The van der Waals surface area contributed by atoms with Crippen LogP contribution in [-0.2, 0) is 9.47 Å². The van der Waals surface area contributed by atoms with Gasteiger partial charge in [-0.1, -0.05) is 11.8 Å². The first-order valence-corrected chi connectivity index (χ1v) is 5.29. The second kappa shape index (κ2) is 9.77. The molecule has 1 aromatic carbocycles. The zero-order valence-corrected chi connectivity index (χ0v) is 14.0. The quantitative estimate of drug-likeness (QED) is 0.341. The largest absolute Gasteiger partial charge is 1.00 e. The second-order valence-electron chi connectivity index (χ2n) is 3.22.